The van der Waals surface area contributed by atoms with Gasteiger partial charge in [0.25, 0.3) is 0 Å². The zero-order chi connectivity index (χ0) is 19.2. The Balaban J connectivity index is 2.12. The first-order valence-electron chi connectivity index (χ1n) is 8.23. The molecular formula is C17H22O6S3. The van der Waals surface area contributed by atoms with Crippen LogP contribution in [0.3, 0.4) is 0 Å². The summed E-state index contributed by atoms with van der Waals surface area (Å²) in [4.78, 5) is 0.0274. The molecule has 1 aromatic carbocycles. The van der Waals surface area contributed by atoms with Crippen LogP contribution in [0.15, 0.2) is 39.9 Å². The van der Waals surface area contributed by atoms with E-state index in [1.807, 2.05) is 6.92 Å². The number of unbranched alkanes of at least 4 members (excludes halogenated alkanes) is 3. The SMILES string of the molecule is CCCCCCS(=O)(=O)Oc1cscc1OS(=O)(=O)c1ccccc1C. The Bertz CT molecular complexity index is 929. The van der Waals surface area contributed by atoms with Crippen LogP contribution in [0, 0.1) is 6.92 Å². The second-order valence-electron chi connectivity index (χ2n) is 5.81. The highest BCUT2D eigenvalue weighted by molar-refractivity contribution is 7.87. The fourth-order valence-corrected chi connectivity index (χ4v) is 5.25. The number of hydrogen-bond donors (Lipinski definition) is 0. The minimum absolute atomic E-state index is 0.0274. The number of aryl methyl sites for hydroxylation is 1. The summed E-state index contributed by atoms with van der Waals surface area (Å²) < 4.78 is 59.3. The van der Waals surface area contributed by atoms with Crippen LogP contribution >= 0.6 is 11.3 Å². The summed E-state index contributed by atoms with van der Waals surface area (Å²) >= 11 is 1.10. The van der Waals surface area contributed by atoms with Gasteiger partial charge in [0.05, 0.1) is 5.75 Å². The molecule has 2 rings (SSSR count). The third-order valence-electron chi connectivity index (χ3n) is 3.62. The Morgan fingerprint density at radius 2 is 1.58 bits per heavy atom. The average Bonchev–Trinajstić information content (AvgIpc) is 2.97. The van der Waals surface area contributed by atoms with Gasteiger partial charge in [0.1, 0.15) is 4.90 Å². The highest BCUT2D eigenvalue weighted by Gasteiger charge is 2.24. The van der Waals surface area contributed by atoms with Crippen molar-refractivity contribution in [1.82, 2.24) is 0 Å². The van der Waals surface area contributed by atoms with Crippen molar-refractivity contribution in [2.45, 2.75) is 44.4 Å². The van der Waals surface area contributed by atoms with Gasteiger partial charge in [-0.25, -0.2) is 0 Å². The molecule has 0 radical (unpaired) electrons. The van der Waals surface area contributed by atoms with E-state index in [9.17, 15) is 16.8 Å². The van der Waals surface area contributed by atoms with Gasteiger partial charge >= 0.3 is 20.2 Å². The van der Waals surface area contributed by atoms with E-state index in [1.54, 1.807) is 25.1 Å². The molecule has 2 aromatic rings. The van der Waals surface area contributed by atoms with Gasteiger partial charge in [-0.15, -0.1) is 11.3 Å². The van der Waals surface area contributed by atoms with Crippen molar-refractivity contribution in [2.24, 2.45) is 0 Å². The number of rotatable bonds is 10. The topological polar surface area (TPSA) is 86.7 Å². The Labute approximate surface area is 159 Å². The number of thiophene rings is 1. The van der Waals surface area contributed by atoms with Gasteiger partial charge in [0.15, 0.2) is 11.5 Å². The zero-order valence-electron chi connectivity index (χ0n) is 14.7. The summed E-state index contributed by atoms with van der Waals surface area (Å²) in [6, 6.07) is 6.40. The van der Waals surface area contributed by atoms with Crippen LogP contribution < -0.4 is 8.37 Å². The molecule has 0 aliphatic carbocycles. The minimum atomic E-state index is -4.08. The standard InChI is InChI=1S/C17H22O6S3/c1-3-4-5-8-11-25(18,19)22-15-12-24-13-16(15)23-26(20,21)17-10-7-6-9-14(17)2/h6-7,9-10,12-13H,3-5,8,11H2,1-2H3. The predicted molar refractivity (Wildman–Crippen MR) is 102 cm³/mol. The summed E-state index contributed by atoms with van der Waals surface area (Å²) in [5.41, 5.74) is 0.536. The van der Waals surface area contributed by atoms with Crippen LogP contribution in [-0.4, -0.2) is 22.6 Å². The normalized spacial score (nSPS) is 12.1. The molecule has 0 saturated heterocycles. The van der Waals surface area contributed by atoms with Crippen LogP contribution in [-0.2, 0) is 20.2 Å². The lowest BCUT2D eigenvalue weighted by molar-refractivity contribution is 0.450. The Morgan fingerprint density at radius 3 is 2.23 bits per heavy atom. The summed E-state index contributed by atoms with van der Waals surface area (Å²) in [7, 11) is -7.89. The van der Waals surface area contributed by atoms with E-state index in [0.717, 1.165) is 30.6 Å². The van der Waals surface area contributed by atoms with Crippen molar-refractivity contribution in [2.75, 3.05) is 5.75 Å². The summed E-state index contributed by atoms with van der Waals surface area (Å²) in [5.74, 6) is -0.356. The third kappa shape index (κ3) is 5.72. The van der Waals surface area contributed by atoms with Crippen LogP contribution in [0.2, 0.25) is 0 Å². The zero-order valence-corrected chi connectivity index (χ0v) is 17.1. The molecule has 6 nitrogen and oxygen atoms in total. The summed E-state index contributed by atoms with van der Waals surface area (Å²) in [6.07, 6.45) is 3.25. The van der Waals surface area contributed by atoms with Gasteiger partial charge in [-0.2, -0.15) is 16.8 Å². The lowest BCUT2D eigenvalue weighted by Gasteiger charge is -2.10. The van der Waals surface area contributed by atoms with E-state index in [-0.39, 0.29) is 22.1 Å². The summed E-state index contributed by atoms with van der Waals surface area (Å²) in [5, 5.41) is 2.81. The fourth-order valence-electron chi connectivity index (χ4n) is 2.28. The molecule has 26 heavy (non-hydrogen) atoms. The number of benzene rings is 1. The molecular weight excluding hydrogens is 396 g/mol. The van der Waals surface area contributed by atoms with Gasteiger partial charge in [-0.1, -0.05) is 44.4 Å². The van der Waals surface area contributed by atoms with Gasteiger partial charge in [-0.3, -0.25) is 0 Å². The highest BCUT2D eigenvalue weighted by atomic mass is 32.2. The molecule has 0 unspecified atom stereocenters. The fraction of sp³-hybridized carbons (Fsp3) is 0.412. The maximum absolute atomic E-state index is 12.5. The Hall–Kier alpha value is -1.58. The Morgan fingerprint density at radius 1 is 0.923 bits per heavy atom. The molecule has 0 bridgehead atoms. The average molecular weight is 419 g/mol. The van der Waals surface area contributed by atoms with Crippen LogP contribution in [0.25, 0.3) is 0 Å². The van der Waals surface area contributed by atoms with E-state index >= 15 is 0 Å². The van der Waals surface area contributed by atoms with E-state index in [0.29, 0.717) is 12.0 Å². The van der Waals surface area contributed by atoms with Crippen molar-refractivity contribution >= 4 is 31.6 Å². The van der Waals surface area contributed by atoms with Crippen LogP contribution in [0.4, 0.5) is 0 Å². The van der Waals surface area contributed by atoms with Crippen LogP contribution in [0.5, 0.6) is 11.5 Å². The minimum Gasteiger partial charge on any atom is -0.377 e. The quantitative estimate of drug-likeness (QED) is 0.426. The molecule has 0 aliphatic heterocycles. The Kier molecular flexibility index (Phi) is 7.08. The lowest BCUT2D eigenvalue weighted by atomic mass is 10.2. The first kappa shape index (κ1) is 20.7. The van der Waals surface area contributed by atoms with Crippen LogP contribution in [0.1, 0.15) is 38.2 Å². The molecule has 0 saturated carbocycles. The molecule has 0 N–H and O–H groups in total. The molecule has 144 valence electrons. The van der Waals surface area contributed by atoms with Crippen molar-refractivity contribution in [1.29, 1.82) is 0 Å². The monoisotopic (exact) mass is 418 g/mol. The third-order valence-corrected chi connectivity index (χ3v) is 6.94. The molecule has 0 amide bonds. The largest absolute Gasteiger partial charge is 0.377 e. The van der Waals surface area contributed by atoms with E-state index in [4.69, 9.17) is 8.37 Å². The van der Waals surface area contributed by atoms with E-state index in [2.05, 4.69) is 0 Å². The first-order chi connectivity index (χ1) is 12.2. The molecule has 0 spiro atoms. The number of hydrogen-bond acceptors (Lipinski definition) is 7. The molecule has 0 aliphatic rings. The molecule has 1 aromatic heterocycles. The maximum atomic E-state index is 12.5. The van der Waals surface area contributed by atoms with Crippen molar-refractivity contribution < 1.29 is 25.2 Å². The first-order valence-corrected chi connectivity index (χ1v) is 12.2. The van der Waals surface area contributed by atoms with Gasteiger partial charge in [0, 0.05) is 10.8 Å². The molecule has 1 heterocycles. The lowest BCUT2D eigenvalue weighted by Crippen LogP contribution is -2.15. The van der Waals surface area contributed by atoms with Gasteiger partial charge < -0.3 is 8.37 Å². The van der Waals surface area contributed by atoms with E-state index < -0.39 is 20.2 Å². The van der Waals surface area contributed by atoms with Crippen molar-refractivity contribution in [3.05, 3.63) is 40.6 Å². The van der Waals surface area contributed by atoms with Crippen molar-refractivity contribution in [3.63, 3.8) is 0 Å². The highest BCUT2D eigenvalue weighted by Crippen LogP contribution is 2.35. The molecule has 0 atom stereocenters. The predicted octanol–water partition coefficient (Wildman–Crippen LogP) is 4.11. The smallest absolute Gasteiger partial charge is 0.339 e. The van der Waals surface area contributed by atoms with E-state index in [1.165, 1.54) is 16.8 Å². The van der Waals surface area contributed by atoms with Gasteiger partial charge in [-0.05, 0) is 25.0 Å². The second-order valence-corrected chi connectivity index (χ2v) is 9.76. The molecule has 0 fully saturated rings. The second kappa shape index (κ2) is 8.88. The maximum Gasteiger partial charge on any atom is 0.339 e. The molecule has 9 heteroatoms. The summed E-state index contributed by atoms with van der Waals surface area (Å²) in [6.45, 7) is 3.69. The van der Waals surface area contributed by atoms with Gasteiger partial charge in [0.2, 0.25) is 0 Å². The van der Waals surface area contributed by atoms with Crippen molar-refractivity contribution in [3.8, 4) is 11.5 Å².